The molecule has 4 aromatic rings. The fourth-order valence-corrected chi connectivity index (χ4v) is 6.22. The zero-order valence-electron chi connectivity index (χ0n) is 22.3. The van der Waals surface area contributed by atoms with Crippen molar-refractivity contribution in [2.24, 2.45) is 0 Å². The summed E-state index contributed by atoms with van der Waals surface area (Å²) >= 11 is 0. The van der Waals surface area contributed by atoms with Gasteiger partial charge in [0.25, 0.3) is 5.79 Å². The third kappa shape index (κ3) is 3.80. The van der Waals surface area contributed by atoms with E-state index in [-0.39, 0.29) is 29.6 Å². The molecule has 0 unspecified atom stereocenters. The first kappa shape index (κ1) is 25.2. The minimum absolute atomic E-state index is 0.0690. The second-order valence-electron chi connectivity index (χ2n) is 10.5. The average molecular weight is 557 g/mol. The minimum atomic E-state index is -1.23. The Morgan fingerprint density at radius 3 is 2.37 bits per heavy atom. The van der Waals surface area contributed by atoms with Gasteiger partial charge in [-0.2, -0.15) is 0 Å². The average Bonchev–Trinajstić information content (AvgIpc) is 2.98. The number of phenols is 3. The van der Waals surface area contributed by atoms with Crippen LogP contribution in [-0.4, -0.2) is 40.7 Å². The molecule has 0 fully saturated rings. The molecule has 3 aliphatic rings. The van der Waals surface area contributed by atoms with Gasteiger partial charge in [0.15, 0.2) is 23.0 Å². The summed E-state index contributed by atoms with van der Waals surface area (Å²) in [6, 6.07) is 19.1. The molecule has 4 N–H and O–H groups in total. The van der Waals surface area contributed by atoms with Crippen LogP contribution in [-0.2, 0) is 12.2 Å². The predicted molar refractivity (Wildman–Crippen MR) is 146 cm³/mol. The molecule has 0 spiro atoms. The molecule has 3 aliphatic heterocycles. The Bertz CT molecular complexity index is 1680. The van der Waals surface area contributed by atoms with Gasteiger partial charge < -0.3 is 44.1 Å². The fourth-order valence-electron chi connectivity index (χ4n) is 6.22. The summed E-state index contributed by atoms with van der Waals surface area (Å²) in [6.07, 6.45) is -1.34. The first-order chi connectivity index (χ1) is 19.8. The highest BCUT2D eigenvalue weighted by Crippen LogP contribution is 2.60. The van der Waals surface area contributed by atoms with Crippen molar-refractivity contribution in [1.29, 1.82) is 0 Å². The van der Waals surface area contributed by atoms with Crippen LogP contribution in [0.3, 0.4) is 0 Å². The molecular formula is C32H28O9. The third-order valence-electron chi connectivity index (χ3n) is 8.19. The number of aliphatic hydroxyl groups excluding tert-OH is 1. The number of benzene rings is 4. The predicted octanol–water partition coefficient (Wildman–Crippen LogP) is 5.02. The van der Waals surface area contributed by atoms with Crippen molar-refractivity contribution in [3.05, 3.63) is 94.5 Å². The quantitative estimate of drug-likeness (QED) is 0.256. The molecule has 0 aromatic heterocycles. The van der Waals surface area contributed by atoms with Gasteiger partial charge in [0.1, 0.15) is 29.1 Å². The van der Waals surface area contributed by atoms with E-state index < -0.39 is 18.0 Å². The monoisotopic (exact) mass is 556 g/mol. The molecule has 0 radical (unpaired) electrons. The number of ether oxygens (including phenoxy) is 5. The zero-order valence-corrected chi connectivity index (χ0v) is 22.3. The number of methoxy groups -OCH3 is 2. The second kappa shape index (κ2) is 9.14. The SMILES string of the molecule is COc1ccc([C@@]23C[C@@H](c4ccccc4O2)c2c(cc(O)c4c2O[C@H](c2ccc(O)c(O)c2)[C@@H](O)C4)O3)cc1OC. The summed E-state index contributed by atoms with van der Waals surface area (Å²) in [5, 5.41) is 42.0. The van der Waals surface area contributed by atoms with Crippen LogP contribution in [0, 0.1) is 0 Å². The van der Waals surface area contributed by atoms with E-state index in [1.54, 1.807) is 32.4 Å². The van der Waals surface area contributed by atoms with Gasteiger partial charge >= 0.3 is 0 Å². The summed E-state index contributed by atoms with van der Waals surface area (Å²) in [4.78, 5) is 0. The highest BCUT2D eigenvalue weighted by molar-refractivity contribution is 5.65. The molecule has 4 aromatic carbocycles. The molecule has 9 heteroatoms. The first-order valence-corrected chi connectivity index (χ1v) is 13.3. The van der Waals surface area contributed by atoms with Crippen LogP contribution < -0.4 is 23.7 Å². The lowest BCUT2D eigenvalue weighted by Gasteiger charge is -2.47. The molecule has 0 saturated carbocycles. The highest BCUT2D eigenvalue weighted by atomic mass is 16.7. The third-order valence-corrected chi connectivity index (χ3v) is 8.19. The molecular weight excluding hydrogens is 528 g/mol. The van der Waals surface area contributed by atoms with Crippen molar-refractivity contribution in [1.82, 2.24) is 0 Å². The summed E-state index contributed by atoms with van der Waals surface area (Å²) in [5.74, 6) is 0.438. The number of rotatable bonds is 4. The van der Waals surface area contributed by atoms with Gasteiger partial charge in [0.05, 0.1) is 20.3 Å². The lowest BCUT2D eigenvalue weighted by molar-refractivity contribution is -0.149. The van der Waals surface area contributed by atoms with Crippen LogP contribution in [0.25, 0.3) is 0 Å². The van der Waals surface area contributed by atoms with Crippen LogP contribution in [0.5, 0.6) is 46.0 Å². The molecule has 2 bridgehead atoms. The van der Waals surface area contributed by atoms with E-state index in [0.717, 1.165) is 11.1 Å². The van der Waals surface area contributed by atoms with Crippen LogP contribution in [0.2, 0.25) is 0 Å². The first-order valence-electron chi connectivity index (χ1n) is 13.3. The van der Waals surface area contributed by atoms with Crippen molar-refractivity contribution in [2.45, 2.75) is 36.8 Å². The number of aliphatic hydroxyl groups is 1. The molecule has 4 atom stereocenters. The van der Waals surface area contributed by atoms with Gasteiger partial charge in [-0.25, -0.2) is 0 Å². The van der Waals surface area contributed by atoms with Crippen molar-refractivity contribution in [3.63, 3.8) is 0 Å². The maximum absolute atomic E-state index is 11.1. The minimum Gasteiger partial charge on any atom is -0.507 e. The number of fused-ring (bicyclic) bond motifs is 8. The van der Waals surface area contributed by atoms with Crippen LogP contribution >= 0.6 is 0 Å². The Kier molecular flexibility index (Phi) is 5.62. The van der Waals surface area contributed by atoms with E-state index in [9.17, 15) is 20.4 Å². The highest BCUT2D eigenvalue weighted by Gasteiger charge is 2.52. The molecule has 0 saturated heterocycles. The maximum Gasteiger partial charge on any atom is 0.279 e. The van der Waals surface area contributed by atoms with E-state index in [4.69, 9.17) is 23.7 Å². The molecule has 0 amide bonds. The smallest absolute Gasteiger partial charge is 0.279 e. The van der Waals surface area contributed by atoms with Crippen LogP contribution in [0.1, 0.15) is 46.3 Å². The van der Waals surface area contributed by atoms with Gasteiger partial charge in [-0.15, -0.1) is 0 Å². The number of phenolic OH excluding ortho intramolecular Hbond substituents is 3. The van der Waals surface area contributed by atoms with Gasteiger partial charge in [0, 0.05) is 47.1 Å². The Balaban J connectivity index is 1.40. The van der Waals surface area contributed by atoms with E-state index in [2.05, 4.69) is 0 Å². The van der Waals surface area contributed by atoms with E-state index in [1.807, 2.05) is 36.4 Å². The number of hydrogen-bond donors (Lipinski definition) is 4. The molecule has 41 heavy (non-hydrogen) atoms. The normalized spacial score (nSPS) is 23.5. The molecule has 9 nitrogen and oxygen atoms in total. The fraction of sp³-hybridized carbons (Fsp3) is 0.250. The lowest BCUT2D eigenvalue weighted by Crippen LogP contribution is -2.47. The van der Waals surface area contributed by atoms with Gasteiger partial charge in [0.2, 0.25) is 0 Å². The van der Waals surface area contributed by atoms with Crippen molar-refractivity contribution in [2.75, 3.05) is 14.2 Å². The molecule has 0 aliphatic carbocycles. The Labute approximate surface area is 235 Å². The Morgan fingerprint density at radius 2 is 1.59 bits per heavy atom. The second-order valence-corrected chi connectivity index (χ2v) is 10.5. The summed E-state index contributed by atoms with van der Waals surface area (Å²) in [7, 11) is 3.14. The standard InChI is InChI=1S/C32H28O9/c1-37-26-10-8-17(12-27(26)38-2)32-15-20(18-5-3-4-6-25(18)40-32)29-28(41-32)14-22(34)19-13-24(36)30(39-31(19)29)16-7-9-21(33)23(35)11-16/h3-12,14,20,24,30,33-36H,13,15H2,1-2H3/t20-,24-,30+,32-/m0/s1. The van der Waals surface area contributed by atoms with Crippen molar-refractivity contribution < 1.29 is 44.1 Å². The van der Waals surface area contributed by atoms with E-state index in [0.29, 0.717) is 51.9 Å². The maximum atomic E-state index is 11.1. The number of hydrogen-bond acceptors (Lipinski definition) is 9. The van der Waals surface area contributed by atoms with Gasteiger partial charge in [-0.05, 0) is 42.0 Å². The van der Waals surface area contributed by atoms with Gasteiger partial charge in [-0.3, -0.25) is 0 Å². The van der Waals surface area contributed by atoms with E-state index in [1.165, 1.54) is 12.1 Å². The number of para-hydroxylation sites is 1. The Morgan fingerprint density at radius 1 is 0.805 bits per heavy atom. The number of aromatic hydroxyl groups is 3. The lowest BCUT2D eigenvalue weighted by atomic mass is 9.76. The Hall–Kier alpha value is -4.76. The van der Waals surface area contributed by atoms with Crippen LogP contribution in [0.15, 0.2) is 66.7 Å². The van der Waals surface area contributed by atoms with E-state index >= 15 is 0 Å². The topological polar surface area (TPSA) is 127 Å². The van der Waals surface area contributed by atoms with Gasteiger partial charge in [-0.1, -0.05) is 24.3 Å². The largest absolute Gasteiger partial charge is 0.507 e. The molecule has 210 valence electrons. The van der Waals surface area contributed by atoms with Crippen LogP contribution in [0.4, 0.5) is 0 Å². The summed E-state index contributed by atoms with van der Waals surface area (Å²) in [5.41, 5.74) is 3.35. The summed E-state index contributed by atoms with van der Waals surface area (Å²) < 4.78 is 30.7. The van der Waals surface area contributed by atoms with Crippen molar-refractivity contribution in [3.8, 4) is 46.0 Å². The van der Waals surface area contributed by atoms with Crippen molar-refractivity contribution >= 4 is 0 Å². The molecule has 3 heterocycles. The zero-order chi connectivity index (χ0) is 28.5. The molecule has 7 rings (SSSR count). The summed E-state index contributed by atoms with van der Waals surface area (Å²) in [6.45, 7) is 0.